The van der Waals surface area contributed by atoms with E-state index in [-0.39, 0.29) is 5.41 Å². The second-order valence-electron chi connectivity index (χ2n) is 6.66. The number of hydrogen-bond acceptors (Lipinski definition) is 4. The molecular weight excluding hydrogens is 254 g/mol. The van der Waals surface area contributed by atoms with Crippen molar-refractivity contribution in [2.45, 2.75) is 45.6 Å². The Kier molecular flexibility index (Phi) is 3.21. The number of hydrogen-bond donors (Lipinski definition) is 0. The van der Waals surface area contributed by atoms with Crippen LogP contribution in [0.1, 0.15) is 45.7 Å². The first-order valence-corrected chi connectivity index (χ1v) is 6.55. The van der Waals surface area contributed by atoms with Gasteiger partial charge in [0.25, 0.3) is 0 Å². The Balaban J connectivity index is 2.39. The average Bonchev–Trinajstić information content (AvgIpc) is 2.59. The zero-order chi connectivity index (χ0) is 15.1. The van der Waals surface area contributed by atoms with E-state index in [0.29, 0.717) is 17.9 Å². The lowest BCUT2D eigenvalue weighted by Gasteiger charge is -2.25. The van der Waals surface area contributed by atoms with E-state index in [2.05, 4.69) is 11.1 Å². The second-order valence-corrected chi connectivity index (χ2v) is 6.66. The van der Waals surface area contributed by atoms with Gasteiger partial charge in [0.05, 0.1) is 5.56 Å². The van der Waals surface area contributed by atoms with Crippen LogP contribution < -0.4 is 4.90 Å². The maximum absolute atomic E-state index is 12.3. The molecule has 0 N–H and O–H groups in total. The molecule has 1 aliphatic heterocycles. The molecule has 1 aromatic rings. The molecule has 1 aliphatic rings. The molecule has 5 heteroatoms. The molecule has 2 rings (SSSR count). The van der Waals surface area contributed by atoms with Crippen LogP contribution in [0, 0.1) is 11.3 Å². The van der Waals surface area contributed by atoms with Gasteiger partial charge < -0.3 is 4.74 Å². The SMILES string of the molecule is CC(C)(C)OC(=O)N1CC(C)(C)c2cc(C#N)cnc21. The van der Waals surface area contributed by atoms with Gasteiger partial charge in [0.2, 0.25) is 0 Å². The molecule has 1 aromatic heterocycles. The monoisotopic (exact) mass is 273 g/mol. The van der Waals surface area contributed by atoms with Crippen LogP contribution in [0.4, 0.5) is 10.6 Å². The summed E-state index contributed by atoms with van der Waals surface area (Å²) < 4.78 is 5.41. The minimum Gasteiger partial charge on any atom is -0.443 e. The molecule has 0 radical (unpaired) electrons. The Morgan fingerprint density at radius 3 is 2.70 bits per heavy atom. The van der Waals surface area contributed by atoms with Crippen molar-refractivity contribution in [3.63, 3.8) is 0 Å². The summed E-state index contributed by atoms with van der Waals surface area (Å²) in [6, 6.07) is 3.88. The third-order valence-electron chi connectivity index (χ3n) is 3.15. The number of fused-ring (bicyclic) bond motifs is 1. The Morgan fingerprint density at radius 2 is 2.15 bits per heavy atom. The highest BCUT2D eigenvalue weighted by atomic mass is 16.6. The van der Waals surface area contributed by atoms with Gasteiger partial charge in [0.15, 0.2) is 0 Å². The molecule has 2 heterocycles. The quantitative estimate of drug-likeness (QED) is 0.728. The number of pyridine rings is 1. The fourth-order valence-electron chi connectivity index (χ4n) is 2.26. The van der Waals surface area contributed by atoms with Gasteiger partial charge >= 0.3 is 6.09 Å². The standard InChI is InChI=1S/C15H19N3O2/c1-14(2,3)20-13(19)18-9-15(4,5)11-6-10(7-16)8-17-12(11)18/h6,8H,9H2,1-5H3. The Hall–Kier alpha value is -2.09. The second kappa shape index (κ2) is 4.48. The molecular formula is C15H19N3O2. The number of carbonyl (C=O) groups excluding carboxylic acids is 1. The summed E-state index contributed by atoms with van der Waals surface area (Å²) in [7, 11) is 0. The van der Waals surface area contributed by atoms with Gasteiger partial charge in [-0.3, -0.25) is 4.90 Å². The average molecular weight is 273 g/mol. The molecule has 106 valence electrons. The fourth-order valence-corrected chi connectivity index (χ4v) is 2.26. The first-order valence-electron chi connectivity index (χ1n) is 6.55. The van der Waals surface area contributed by atoms with Crippen molar-refractivity contribution >= 4 is 11.9 Å². The molecule has 1 amide bonds. The van der Waals surface area contributed by atoms with Gasteiger partial charge in [-0.1, -0.05) is 13.8 Å². The first kappa shape index (κ1) is 14.3. The normalized spacial score (nSPS) is 16.5. The predicted molar refractivity (Wildman–Crippen MR) is 75.6 cm³/mol. The molecule has 0 atom stereocenters. The van der Waals surface area contributed by atoms with Gasteiger partial charge in [-0.05, 0) is 26.8 Å². The molecule has 0 fully saturated rings. The molecule has 0 spiro atoms. The molecule has 0 aliphatic carbocycles. The summed E-state index contributed by atoms with van der Waals surface area (Å²) in [5, 5.41) is 8.97. The molecule has 0 saturated carbocycles. The van der Waals surface area contributed by atoms with Gasteiger partial charge in [-0.2, -0.15) is 5.26 Å². The first-order chi connectivity index (χ1) is 9.14. The maximum atomic E-state index is 12.3. The van der Waals surface area contributed by atoms with Crippen LogP contribution in [-0.4, -0.2) is 23.2 Å². The number of amides is 1. The Morgan fingerprint density at radius 1 is 1.50 bits per heavy atom. The minimum absolute atomic E-state index is 0.244. The summed E-state index contributed by atoms with van der Waals surface area (Å²) in [4.78, 5) is 18.1. The lowest BCUT2D eigenvalue weighted by Crippen LogP contribution is -2.38. The zero-order valence-corrected chi connectivity index (χ0v) is 12.5. The van der Waals surface area contributed by atoms with E-state index in [9.17, 15) is 4.79 Å². The molecule has 0 aromatic carbocycles. The van der Waals surface area contributed by atoms with Gasteiger partial charge in [0.1, 0.15) is 17.5 Å². The van der Waals surface area contributed by atoms with Crippen molar-refractivity contribution in [2.24, 2.45) is 0 Å². The predicted octanol–water partition coefficient (Wildman–Crippen LogP) is 2.99. The number of aromatic nitrogens is 1. The van der Waals surface area contributed by atoms with Crippen LogP contribution in [0.3, 0.4) is 0 Å². The summed E-state index contributed by atoms with van der Waals surface area (Å²) in [6.45, 7) is 10.1. The number of anilines is 1. The Labute approximate surface area is 119 Å². The van der Waals surface area contributed by atoms with E-state index >= 15 is 0 Å². The molecule has 0 saturated heterocycles. The zero-order valence-electron chi connectivity index (χ0n) is 12.5. The van der Waals surface area contributed by atoms with E-state index in [1.165, 1.54) is 6.20 Å². The lowest BCUT2D eigenvalue weighted by molar-refractivity contribution is 0.0578. The molecule has 0 bridgehead atoms. The Bertz CT molecular complexity index is 594. The summed E-state index contributed by atoms with van der Waals surface area (Å²) >= 11 is 0. The maximum Gasteiger partial charge on any atom is 0.416 e. The van der Waals surface area contributed by atoms with Crippen molar-refractivity contribution in [2.75, 3.05) is 11.4 Å². The highest BCUT2D eigenvalue weighted by Gasteiger charge is 2.41. The highest BCUT2D eigenvalue weighted by Crippen LogP contribution is 2.39. The van der Waals surface area contributed by atoms with Gasteiger partial charge in [0, 0.05) is 23.7 Å². The van der Waals surface area contributed by atoms with E-state index in [1.54, 1.807) is 11.0 Å². The third-order valence-corrected chi connectivity index (χ3v) is 3.15. The largest absolute Gasteiger partial charge is 0.443 e. The van der Waals surface area contributed by atoms with E-state index < -0.39 is 11.7 Å². The van der Waals surface area contributed by atoms with Crippen LogP contribution in [0.25, 0.3) is 0 Å². The van der Waals surface area contributed by atoms with Crippen LogP contribution in [0.5, 0.6) is 0 Å². The fraction of sp³-hybridized carbons (Fsp3) is 0.533. The summed E-state index contributed by atoms with van der Waals surface area (Å²) in [6.07, 6.45) is 1.08. The van der Waals surface area contributed by atoms with Crippen LogP contribution in [-0.2, 0) is 10.2 Å². The molecule has 0 unspecified atom stereocenters. The van der Waals surface area contributed by atoms with E-state index in [4.69, 9.17) is 10.00 Å². The third kappa shape index (κ3) is 2.60. The topological polar surface area (TPSA) is 66.2 Å². The smallest absolute Gasteiger partial charge is 0.416 e. The van der Waals surface area contributed by atoms with Crippen LogP contribution in [0.15, 0.2) is 12.3 Å². The molecule has 20 heavy (non-hydrogen) atoms. The van der Waals surface area contributed by atoms with Crippen molar-refractivity contribution in [1.29, 1.82) is 5.26 Å². The van der Waals surface area contributed by atoms with E-state index in [1.807, 2.05) is 34.6 Å². The number of carbonyl (C=O) groups is 1. The van der Waals surface area contributed by atoms with Crippen molar-refractivity contribution in [3.05, 3.63) is 23.4 Å². The van der Waals surface area contributed by atoms with Gasteiger partial charge in [-0.25, -0.2) is 9.78 Å². The van der Waals surface area contributed by atoms with Crippen molar-refractivity contribution < 1.29 is 9.53 Å². The number of rotatable bonds is 0. The van der Waals surface area contributed by atoms with Gasteiger partial charge in [-0.15, -0.1) is 0 Å². The molecule has 5 nitrogen and oxygen atoms in total. The number of ether oxygens (including phenoxy) is 1. The van der Waals surface area contributed by atoms with Crippen LogP contribution in [0.2, 0.25) is 0 Å². The van der Waals surface area contributed by atoms with Crippen LogP contribution >= 0.6 is 0 Å². The minimum atomic E-state index is -0.545. The lowest BCUT2D eigenvalue weighted by atomic mass is 9.87. The summed E-state index contributed by atoms with van der Waals surface area (Å²) in [5.74, 6) is 0.586. The van der Waals surface area contributed by atoms with Crippen molar-refractivity contribution in [1.82, 2.24) is 4.98 Å². The summed E-state index contributed by atoms with van der Waals surface area (Å²) in [5.41, 5.74) is 0.619. The highest BCUT2D eigenvalue weighted by molar-refractivity contribution is 5.90. The number of nitrogens with zero attached hydrogens (tertiary/aromatic N) is 3. The number of nitriles is 1. The van der Waals surface area contributed by atoms with E-state index in [0.717, 1.165) is 5.56 Å². The van der Waals surface area contributed by atoms with Crippen molar-refractivity contribution in [3.8, 4) is 6.07 Å².